The molecule has 0 spiro atoms. The molecule has 1 aliphatic heterocycles. The maximum absolute atomic E-state index is 4.17. The van der Waals surface area contributed by atoms with Crippen molar-refractivity contribution in [2.75, 3.05) is 26.2 Å². The van der Waals surface area contributed by atoms with E-state index >= 15 is 0 Å². The molecule has 1 fully saturated rings. The third-order valence-corrected chi connectivity index (χ3v) is 2.07. The minimum Gasteiger partial charge on any atom is -0.355 e. The summed E-state index contributed by atoms with van der Waals surface area (Å²) < 4.78 is 0. The predicted octanol–water partition coefficient (Wildman–Crippen LogP) is 1.01. The third kappa shape index (κ3) is 3.03. The lowest BCUT2D eigenvalue weighted by Crippen LogP contribution is -2.32. The molecule has 1 rings (SSSR count). The summed E-state index contributed by atoms with van der Waals surface area (Å²) in [4.78, 5) is 6.40. The van der Waals surface area contributed by atoms with Gasteiger partial charge in [0.1, 0.15) is 5.84 Å². The standard InChI is InChI=1S/C10H17N3/c1-3-10(12-4-2)13-8-5-6-11-7-9-13/h3-4,11H,1-2,5-9H2. The summed E-state index contributed by atoms with van der Waals surface area (Å²) in [6.45, 7) is 11.5. The quantitative estimate of drug-likeness (QED) is 0.506. The highest BCUT2D eigenvalue weighted by molar-refractivity contribution is 5.92. The van der Waals surface area contributed by atoms with Gasteiger partial charge in [0.15, 0.2) is 0 Å². The molecule has 13 heavy (non-hydrogen) atoms. The molecule has 1 heterocycles. The number of amidine groups is 1. The van der Waals surface area contributed by atoms with Gasteiger partial charge in [0, 0.05) is 25.8 Å². The molecule has 0 aromatic rings. The molecule has 0 amide bonds. The summed E-state index contributed by atoms with van der Waals surface area (Å²) in [5.74, 6) is 0.929. The molecular formula is C10H17N3. The first-order valence-corrected chi connectivity index (χ1v) is 4.65. The first kappa shape index (κ1) is 9.99. The lowest BCUT2D eigenvalue weighted by atomic mass is 10.3. The molecule has 0 atom stereocenters. The second-order valence-electron chi connectivity index (χ2n) is 2.96. The van der Waals surface area contributed by atoms with Crippen LogP contribution in [0.5, 0.6) is 0 Å². The fourth-order valence-electron chi connectivity index (χ4n) is 1.43. The van der Waals surface area contributed by atoms with Gasteiger partial charge in [-0.3, -0.25) is 0 Å². The second-order valence-corrected chi connectivity index (χ2v) is 2.96. The average Bonchev–Trinajstić information content (AvgIpc) is 2.42. The van der Waals surface area contributed by atoms with Crippen molar-refractivity contribution in [3.63, 3.8) is 0 Å². The van der Waals surface area contributed by atoms with Gasteiger partial charge in [-0.1, -0.05) is 13.2 Å². The number of rotatable bonds is 2. The molecule has 1 saturated heterocycles. The van der Waals surface area contributed by atoms with Crippen molar-refractivity contribution in [3.05, 3.63) is 25.4 Å². The van der Waals surface area contributed by atoms with Gasteiger partial charge >= 0.3 is 0 Å². The molecule has 0 unspecified atom stereocenters. The average molecular weight is 179 g/mol. The smallest absolute Gasteiger partial charge is 0.127 e. The summed E-state index contributed by atoms with van der Waals surface area (Å²) in [7, 11) is 0. The highest BCUT2D eigenvalue weighted by Gasteiger charge is 2.09. The topological polar surface area (TPSA) is 27.6 Å². The van der Waals surface area contributed by atoms with Crippen LogP contribution >= 0.6 is 0 Å². The van der Waals surface area contributed by atoms with E-state index in [1.165, 1.54) is 0 Å². The first-order valence-electron chi connectivity index (χ1n) is 4.65. The molecule has 0 aromatic carbocycles. The molecular weight excluding hydrogens is 162 g/mol. The molecule has 0 aliphatic carbocycles. The van der Waals surface area contributed by atoms with Crippen molar-refractivity contribution in [3.8, 4) is 0 Å². The van der Waals surface area contributed by atoms with Crippen LogP contribution in [-0.2, 0) is 0 Å². The predicted molar refractivity (Wildman–Crippen MR) is 56.9 cm³/mol. The molecule has 0 radical (unpaired) electrons. The van der Waals surface area contributed by atoms with Crippen molar-refractivity contribution in [2.24, 2.45) is 4.99 Å². The zero-order valence-electron chi connectivity index (χ0n) is 8.00. The van der Waals surface area contributed by atoms with E-state index in [0.717, 1.165) is 38.4 Å². The van der Waals surface area contributed by atoms with Crippen molar-refractivity contribution in [2.45, 2.75) is 6.42 Å². The van der Waals surface area contributed by atoms with Crippen molar-refractivity contribution in [1.29, 1.82) is 0 Å². The van der Waals surface area contributed by atoms with E-state index in [0.29, 0.717) is 0 Å². The van der Waals surface area contributed by atoms with Gasteiger partial charge in [-0.05, 0) is 19.0 Å². The van der Waals surface area contributed by atoms with E-state index < -0.39 is 0 Å². The van der Waals surface area contributed by atoms with Crippen molar-refractivity contribution in [1.82, 2.24) is 10.2 Å². The highest BCUT2D eigenvalue weighted by atomic mass is 15.2. The van der Waals surface area contributed by atoms with Gasteiger partial charge in [-0.2, -0.15) is 0 Å². The van der Waals surface area contributed by atoms with Crippen LogP contribution in [0.2, 0.25) is 0 Å². The monoisotopic (exact) mass is 179 g/mol. The summed E-state index contributed by atoms with van der Waals surface area (Å²) in [6, 6.07) is 0. The molecule has 3 nitrogen and oxygen atoms in total. The van der Waals surface area contributed by atoms with Crippen LogP contribution < -0.4 is 5.32 Å². The van der Waals surface area contributed by atoms with Crippen LogP contribution in [-0.4, -0.2) is 36.9 Å². The Balaban J connectivity index is 2.60. The van der Waals surface area contributed by atoms with Gasteiger partial charge in [-0.25, -0.2) is 4.99 Å². The lowest BCUT2D eigenvalue weighted by Gasteiger charge is -2.21. The van der Waals surface area contributed by atoms with Crippen LogP contribution in [0, 0.1) is 0 Å². The van der Waals surface area contributed by atoms with Crippen LogP contribution in [0.15, 0.2) is 30.4 Å². The number of hydrogen-bond donors (Lipinski definition) is 1. The highest BCUT2D eigenvalue weighted by Crippen LogP contribution is 1.98. The van der Waals surface area contributed by atoms with Gasteiger partial charge in [0.05, 0.1) is 0 Å². The molecule has 0 saturated carbocycles. The van der Waals surface area contributed by atoms with Gasteiger partial charge < -0.3 is 10.2 Å². The maximum Gasteiger partial charge on any atom is 0.127 e. The summed E-state index contributed by atoms with van der Waals surface area (Å²) in [5.41, 5.74) is 0. The molecule has 72 valence electrons. The fraction of sp³-hybridized carbons (Fsp3) is 0.500. The summed E-state index contributed by atoms with van der Waals surface area (Å²) in [5, 5.41) is 3.34. The number of nitrogens with one attached hydrogen (secondary N) is 1. The minimum atomic E-state index is 0.929. The number of hydrogen-bond acceptors (Lipinski definition) is 2. The Hall–Kier alpha value is -1.09. The van der Waals surface area contributed by atoms with E-state index in [1.54, 1.807) is 12.3 Å². The number of aliphatic imine (C=N–C) groups is 1. The third-order valence-electron chi connectivity index (χ3n) is 2.07. The Kier molecular flexibility index (Phi) is 4.26. The zero-order valence-corrected chi connectivity index (χ0v) is 8.00. The molecule has 1 aliphatic rings. The lowest BCUT2D eigenvalue weighted by molar-refractivity contribution is 0.449. The van der Waals surface area contributed by atoms with Gasteiger partial charge in [-0.15, -0.1) is 0 Å². The molecule has 0 bridgehead atoms. The maximum atomic E-state index is 4.17. The van der Waals surface area contributed by atoms with E-state index in [1.807, 2.05) is 0 Å². The van der Waals surface area contributed by atoms with Crippen LogP contribution in [0.4, 0.5) is 0 Å². The van der Waals surface area contributed by atoms with E-state index in [-0.39, 0.29) is 0 Å². The number of nitrogens with zero attached hydrogens (tertiary/aromatic N) is 2. The fourth-order valence-corrected chi connectivity index (χ4v) is 1.43. The Labute approximate surface area is 79.8 Å². The second kappa shape index (κ2) is 5.54. The van der Waals surface area contributed by atoms with E-state index in [2.05, 4.69) is 28.4 Å². The van der Waals surface area contributed by atoms with E-state index in [4.69, 9.17) is 0 Å². The SMILES string of the molecule is C=CN=C(C=C)N1CCCNCC1. The van der Waals surface area contributed by atoms with Gasteiger partial charge in [0.2, 0.25) is 0 Å². The normalized spacial score (nSPS) is 19.4. The Morgan fingerprint density at radius 1 is 1.31 bits per heavy atom. The van der Waals surface area contributed by atoms with Crippen LogP contribution in [0.3, 0.4) is 0 Å². The Morgan fingerprint density at radius 2 is 2.15 bits per heavy atom. The largest absolute Gasteiger partial charge is 0.355 e. The molecule has 0 aromatic heterocycles. The van der Waals surface area contributed by atoms with Crippen molar-refractivity contribution >= 4 is 5.84 Å². The van der Waals surface area contributed by atoms with Crippen LogP contribution in [0.25, 0.3) is 0 Å². The summed E-state index contributed by atoms with van der Waals surface area (Å²) in [6.07, 6.45) is 4.51. The first-order chi connectivity index (χ1) is 6.38. The van der Waals surface area contributed by atoms with Crippen molar-refractivity contribution < 1.29 is 0 Å². The Bertz CT molecular complexity index is 200. The zero-order chi connectivity index (χ0) is 9.52. The summed E-state index contributed by atoms with van der Waals surface area (Å²) >= 11 is 0. The molecule has 1 N–H and O–H groups in total. The van der Waals surface area contributed by atoms with E-state index in [9.17, 15) is 0 Å². The Morgan fingerprint density at radius 3 is 2.85 bits per heavy atom. The van der Waals surface area contributed by atoms with Crippen LogP contribution in [0.1, 0.15) is 6.42 Å². The van der Waals surface area contributed by atoms with Gasteiger partial charge in [0.25, 0.3) is 0 Å². The molecule has 3 heteroatoms. The minimum absolute atomic E-state index is 0.929.